The van der Waals surface area contributed by atoms with Crippen LogP contribution in [-0.4, -0.2) is 33.7 Å². The van der Waals surface area contributed by atoms with Gasteiger partial charge in [0.25, 0.3) is 0 Å². The highest BCUT2D eigenvalue weighted by Crippen LogP contribution is 2.30. The SMILES string of the molecule is COC(=O)c1cc(CS(=O)(=O)Cl)c(OC)cc1O. The van der Waals surface area contributed by atoms with Crippen LogP contribution in [0.3, 0.4) is 0 Å². The summed E-state index contributed by atoms with van der Waals surface area (Å²) in [5.74, 6) is -1.57. The molecule has 8 heteroatoms. The first-order chi connectivity index (χ1) is 8.28. The molecular formula is C10H11ClO6S. The molecular weight excluding hydrogens is 284 g/mol. The molecule has 0 spiro atoms. The molecule has 0 aliphatic carbocycles. The van der Waals surface area contributed by atoms with E-state index in [4.69, 9.17) is 15.4 Å². The number of carbonyl (C=O) groups excluding carboxylic acids is 1. The molecule has 0 aliphatic rings. The van der Waals surface area contributed by atoms with Gasteiger partial charge < -0.3 is 14.6 Å². The van der Waals surface area contributed by atoms with Gasteiger partial charge in [-0.25, -0.2) is 13.2 Å². The van der Waals surface area contributed by atoms with E-state index >= 15 is 0 Å². The molecule has 1 aromatic rings. The fraction of sp³-hybridized carbons (Fsp3) is 0.300. The van der Waals surface area contributed by atoms with E-state index in [1.54, 1.807) is 0 Å². The topological polar surface area (TPSA) is 89.9 Å². The average molecular weight is 295 g/mol. The maximum atomic E-state index is 11.3. The summed E-state index contributed by atoms with van der Waals surface area (Å²) in [6.45, 7) is 0. The van der Waals surface area contributed by atoms with E-state index in [0.717, 1.165) is 13.2 Å². The maximum absolute atomic E-state index is 11.3. The molecule has 0 atom stereocenters. The van der Waals surface area contributed by atoms with Crippen LogP contribution in [0.5, 0.6) is 11.5 Å². The summed E-state index contributed by atoms with van der Waals surface area (Å²) in [5.41, 5.74) is -0.000633. The van der Waals surface area contributed by atoms with Crippen molar-refractivity contribution in [1.29, 1.82) is 0 Å². The Morgan fingerprint density at radius 3 is 2.44 bits per heavy atom. The highest BCUT2D eigenvalue weighted by atomic mass is 35.7. The quantitative estimate of drug-likeness (QED) is 0.664. The van der Waals surface area contributed by atoms with Crippen molar-refractivity contribution in [2.24, 2.45) is 0 Å². The van der Waals surface area contributed by atoms with Crippen LogP contribution in [0.25, 0.3) is 0 Å². The van der Waals surface area contributed by atoms with Gasteiger partial charge in [0.2, 0.25) is 9.05 Å². The predicted octanol–water partition coefficient (Wildman–Crippen LogP) is 1.26. The van der Waals surface area contributed by atoms with Gasteiger partial charge in [-0.15, -0.1) is 0 Å². The van der Waals surface area contributed by atoms with Crippen LogP contribution in [0.1, 0.15) is 15.9 Å². The smallest absolute Gasteiger partial charge is 0.341 e. The Labute approximate surface area is 109 Å². The van der Waals surface area contributed by atoms with Gasteiger partial charge in [0.05, 0.1) is 20.0 Å². The van der Waals surface area contributed by atoms with E-state index in [0.29, 0.717) is 0 Å². The highest BCUT2D eigenvalue weighted by molar-refractivity contribution is 8.13. The van der Waals surface area contributed by atoms with Gasteiger partial charge in [-0.05, 0) is 6.07 Å². The molecule has 18 heavy (non-hydrogen) atoms. The lowest BCUT2D eigenvalue weighted by molar-refractivity contribution is 0.0597. The van der Waals surface area contributed by atoms with Crippen LogP contribution in [0.4, 0.5) is 0 Å². The van der Waals surface area contributed by atoms with Crippen LogP contribution >= 0.6 is 10.7 Å². The second-order valence-corrected chi connectivity index (χ2v) is 6.13. The van der Waals surface area contributed by atoms with Crippen LogP contribution in [0, 0.1) is 0 Å². The van der Waals surface area contributed by atoms with Crippen LogP contribution < -0.4 is 4.74 Å². The molecule has 0 saturated carbocycles. The normalized spacial score (nSPS) is 11.1. The van der Waals surface area contributed by atoms with Crippen molar-refractivity contribution in [2.75, 3.05) is 14.2 Å². The molecule has 0 aromatic heterocycles. The number of esters is 1. The molecule has 0 aliphatic heterocycles. The van der Waals surface area contributed by atoms with Crippen molar-refractivity contribution < 1.29 is 27.8 Å². The van der Waals surface area contributed by atoms with E-state index in [1.165, 1.54) is 13.2 Å². The summed E-state index contributed by atoms with van der Waals surface area (Å²) in [6.07, 6.45) is 0. The van der Waals surface area contributed by atoms with Gasteiger partial charge in [0.15, 0.2) is 0 Å². The summed E-state index contributed by atoms with van der Waals surface area (Å²) in [5, 5.41) is 9.58. The molecule has 0 bridgehead atoms. The second-order valence-electron chi connectivity index (χ2n) is 3.36. The molecule has 0 amide bonds. The first-order valence-corrected chi connectivity index (χ1v) is 7.17. The summed E-state index contributed by atoms with van der Waals surface area (Å²) >= 11 is 0. The van der Waals surface area contributed by atoms with Gasteiger partial charge in [-0.1, -0.05) is 0 Å². The lowest BCUT2D eigenvalue weighted by Crippen LogP contribution is -2.05. The fourth-order valence-corrected chi connectivity index (χ4v) is 2.33. The standard InChI is InChI=1S/C10H11ClO6S/c1-16-9-4-8(12)7(10(13)17-2)3-6(9)5-18(11,14)15/h3-4,12H,5H2,1-2H3. The van der Waals surface area contributed by atoms with Crippen molar-refractivity contribution in [3.05, 3.63) is 23.3 Å². The summed E-state index contributed by atoms with van der Waals surface area (Å²) in [6, 6.07) is 2.30. The van der Waals surface area contributed by atoms with Crippen LogP contribution in [0.2, 0.25) is 0 Å². The number of methoxy groups -OCH3 is 2. The van der Waals surface area contributed by atoms with Crippen molar-refractivity contribution >= 4 is 25.7 Å². The maximum Gasteiger partial charge on any atom is 0.341 e. The van der Waals surface area contributed by atoms with E-state index in [2.05, 4.69) is 4.74 Å². The number of phenols is 1. The molecule has 0 unspecified atom stereocenters. The number of phenolic OH excluding ortho intramolecular Hbond substituents is 1. The number of hydrogen-bond donors (Lipinski definition) is 1. The number of halogens is 1. The van der Waals surface area contributed by atoms with E-state index in [-0.39, 0.29) is 22.6 Å². The lowest BCUT2D eigenvalue weighted by atomic mass is 10.1. The zero-order valence-electron chi connectivity index (χ0n) is 9.64. The van der Waals surface area contributed by atoms with Crippen molar-refractivity contribution in [1.82, 2.24) is 0 Å². The van der Waals surface area contributed by atoms with Crippen LogP contribution in [-0.2, 0) is 19.5 Å². The third kappa shape index (κ3) is 3.51. The van der Waals surface area contributed by atoms with Gasteiger partial charge >= 0.3 is 5.97 Å². The average Bonchev–Trinajstić information content (AvgIpc) is 2.28. The van der Waals surface area contributed by atoms with Crippen molar-refractivity contribution in [3.63, 3.8) is 0 Å². The Balaban J connectivity index is 3.35. The first kappa shape index (κ1) is 14.6. The van der Waals surface area contributed by atoms with Gasteiger partial charge in [-0.2, -0.15) is 0 Å². The Morgan fingerprint density at radius 1 is 1.39 bits per heavy atom. The minimum Gasteiger partial charge on any atom is -0.507 e. The minimum absolute atomic E-state index is 0.115. The van der Waals surface area contributed by atoms with Gasteiger partial charge in [-0.3, -0.25) is 0 Å². The van der Waals surface area contributed by atoms with Crippen molar-refractivity contribution in [2.45, 2.75) is 5.75 Å². The Kier molecular flexibility index (Phi) is 4.42. The van der Waals surface area contributed by atoms with Gasteiger partial charge in [0.1, 0.15) is 17.1 Å². The number of hydrogen-bond acceptors (Lipinski definition) is 6. The number of ether oxygens (including phenoxy) is 2. The molecule has 0 fully saturated rings. The summed E-state index contributed by atoms with van der Waals surface area (Å²) in [7, 11) is 3.77. The third-order valence-electron chi connectivity index (χ3n) is 2.13. The third-order valence-corrected chi connectivity index (χ3v) is 3.12. The zero-order valence-corrected chi connectivity index (χ0v) is 11.2. The Hall–Kier alpha value is -1.47. The minimum atomic E-state index is -3.81. The van der Waals surface area contributed by atoms with E-state index in [1.807, 2.05) is 0 Å². The fourth-order valence-electron chi connectivity index (χ4n) is 1.38. The lowest BCUT2D eigenvalue weighted by Gasteiger charge is -2.10. The molecule has 1 rings (SSSR count). The highest BCUT2D eigenvalue weighted by Gasteiger charge is 2.19. The first-order valence-electron chi connectivity index (χ1n) is 4.69. The molecule has 100 valence electrons. The number of aromatic hydroxyl groups is 1. The Morgan fingerprint density at radius 2 is 2.00 bits per heavy atom. The van der Waals surface area contributed by atoms with Crippen molar-refractivity contribution in [3.8, 4) is 11.5 Å². The molecule has 6 nitrogen and oxygen atoms in total. The van der Waals surface area contributed by atoms with Gasteiger partial charge in [0, 0.05) is 22.3 Å². The molecule has 0 heterocycles. The number of carbonyl (C=O) groups is 1. The molecule has 0 saturated heterocycles. The van der Waals surface area contributed by atoms with E-state index in [9.17, 15) is 18.3 Å². The summed E-state index contributed by atoms with van der Waals surface area (Å²) in [4.78, 5) is 11.3. The molecule has 1 aromatic carbocycles. The Bertz CT molecular complexity index is 566. The summed E-state index contributed by atoms with van der Waals surface area (Å²) < 4.78 is 31.4. The largest absolute Gasteiger partial charge is 0.507 e. The van der Waals surface area contributed by atoms with Crippen LogP contribution in [0.15, 0.2) is 12.1 Å². The molecule has 1 N–H and O–H groups in total. The zero-order chi connectivity index (χ0) is 13.9. The number of benzene rings is 1. The number of rotatable bonds is 4. The van der Waals surface area contributed by atoms with E-state index < -0.39 is 20.8 Å². The second kappa shape index (κ2) is 5.45. The molecule has 0 radical (unpaired) electrons. The monoisotopic (exact) mass is 294 g/mol. The predicted molar refractivity (Wildman–Crippen MR) is 64.5 cm³/mol.